The van der Waals surface area contributed by atoms with Gasteiger partial charge in [-0.05, 0) is 42.0 Å². The van der Waals surface area contributed by atoms with Crippen molar-refractivity contribution in [2.75, 3.05) is 0 Å². The highest BCUT2D eigenvalue weighted by molar-refractivity contribution is 6.30. The molecule has 1 aliphatic rings. The molecule has 0 aromatic heterocycles. The third kappa shape index (κ3) is 2.26. The number of aliphatic carboxylic acids is 1. The van der Waals surface area contributed by atoms with Crippen molar-refractivity contribution >= 4 is 17.6 Å². The molecule has 3 heteroatoms. The van der Waals surface area contributed by atoms with Crippen LogP contribution in [0.3, 0.4) is 0 Å². The first kappa shape index (κ1) is 13.4. The average Bonchev–Trinajstić information content (AvgIpc) is 2.78. The summed E-state index contributed by atoms with van der Waals surface area (Å²) < 4.78 is 0. The van der Waals surface area contributed by atoms with E-state index in [0.29, 0.717) is 10.9 Å². The Balaban J connectivity index is 2.51. The summed E-state index contributed by atoms with van der Waals surface area (Å²) in [6.45, 7) is 4.19. The van der Waals surface area contributed by atoms with Crippen LogP contribution in [0.25, 0.3) is 0 Å². The van der Waals surface area contributed by atoms with Crippen LogP contribution >= 0.6 is 11.6 Å². The highest BCUT2D eigenvalue weighted by atomic mass is 35.5. The van der Waals surface area contributed by atoms with Crippen molar-refractivity contribution in [2.24, 2.45) is 0 Å². The number of halogens is 1. The lowest BCUT2D eigenvalue weighted by Crippen LogP contribution is -2.32. The molecule has 0 heterocycles. The van der Waals surface area contributed by atoms with E-state index in [1.165, 1.54) is 0 Å². The summed E-state index contributed by atoms with van der Waals surface area (Å²) in [6, 6.07) is 5.78. The maximum atomic E-state index is 11.7. The summed E-state index contributed by atoms with van der Waals surface area (Å²) in [5.74, 6) is -0.355. The second-order valence-corrected chi connectivity index (χ2v) is 5.96. The van der Waals surface area contributed by atoms with Crippen LogP contribution in [0.2, 0.25) is 5.02 Å². The highest BCUT2D eigenvalue weighted by Crippen LogP contribution is 2.42. The minimum Gasteiger partial charge on any atom is -0.481 e. The molecule has 1 saturated carbocycles. The number of hydrogen-bond acceptors (Lipinski definition) is 1. The maximum Gasteiger partial charge on any atom is 0.314 e. The van der Waals surface area contributed by atoms with Crippen molar-refractivity contribution in [1.29, 1.82) is 0 Å². The summed E-state index contributed by atoms with van der Waals surface area (Å²) in [7, 11) is 0. The first-order valence-electron chi connectivity index (χ1n) is 6.50. The van der Waals surface area contributed by atoms with Gasteiger partial charge in [0, 0.05) is 5.02 Å². The fourth-order valence-electron chi connectivity index (χ4n) is 2.83. The smallest absolute Gasteiger partial charge is 0.314 e. The van der Waals surface area contributed by atoms with Crippen molar-refractivity contribution in [2.45, 2.75) is 50.9 Å². The predicted octanol–water partition coefficient (Wildman–Crippen LogP) is 4.36. The van der Waals surface area contributed by atoms with Gasteiger partial charge in [0.2, 0.25) is 0 Å². The van der Waals surface area contributed by atoms with Crippen molar-refractivity contribution in [1.82, 2.24) is 0 Å². The number of carbonyl (C=O) groups is 1. The molecular formula is C15H19ClO2. The van der Waals surface area contributed by atoms with E-state index >= 15 is 0 Å². The number of benzene rings is 1. The molecule has 0 aliphatic heterocycles. The molecule has 0 atom stereocenters. The molecule has 2 nitrogen and oxygen atoms in total. The topological polar surface area (TPSA) is 37.3 Å². The Bertz CT molecular complexity index is 460. The van der Waals surface area contributed by atoms with E-state index in [0.717, 1.165) is 36.8 Å². The zero-order valence-electron chi connectivity index (χ0n) is 10.9. The first-order valence-corrected chi connectivity index (χ1v) is 6.88. The van der Waals surface area contributed by atoms with Crippen LogP contribution in [-0.2, 0) is 10.2 Å². The SMILES string of the molecule is CC(C)c1cc(Cl)cc(C2(C(=O)O)CCCC2)c1. The first-order chi connectivity index (χ1) is 8.45. The molecular weight excluding hydrogens is 248 g/mol. The molecule has 1 fully saturated rings. The van der Waals surface area contributed by atoms with Gasteiger partial charge in [0.05, 0.1) is 5.41 Å². The monoisotopic (exact) mass is 266 g/mol. The Morgan fingerprint density at radius 2 is 1.89 bits per heavy atom. The number of carboxylic acids is 1. The Labute approximate surface area is 113 Å². The number of carboxylic acid groups (broad SMARTS) is 1. The van der Waals surface area contributed by atoms with Gasteiger partial charge in [0.25, 0.3) is 0 Å². The number of rotatable bonds is 3. The lowest BCUT2D eigenvalue weighted by atomic mass is 9.78. The van der Waals surface area contributed by atoms with Crippen LogP contribution in [-0.4, -0.2) is 11.1 Å². The summed E-state index contributed by atoms with van der Waals surface area (Å²) in [5, 5.41) is 10.2. The van der Waals surface area contributed by atoms with Crippen LogP contribution in [0.15, 0.2) is 18.2 Å². The average molecular weight is 267 g/mol. The van der Waals surface area contributed by atoms with Crippen molar-refractivity contribution in [3.63, 3.8) is 0 Å². The van der Waals surface area contributed by atoms with Gasteiger partial charge in [-0.3, -0.25) is 4.79 Å². The summed E-state index contributed by atoms with van der Waals surface area (Å²) in [6.07, 6.45) is 3.41. The van der Waals surface area contributed by atoms with Crippen molar-refractivity contribution in [3.05, 3.63) is 34.3 Å². The second-order valence-electron chi connectivity index (χ2n) is 5.52. The summed E-state index contributed by atoms with van der Waals surface area (Å²) in [4.78, 5) is 11.7. The lowest BCUT2D eigenvalue weighted by Gasteiger charge is -2.25. The van der Waals surface area contributed by atoms with E-state index in [-0.39, 0.29) is 0 Å². The minimum absolute atomic E-state index is 0.356. The largest absolute Gasteiger partial charge is 0.481 e. The van der Waals surface area contributed by atoms with Crippen LogP contribution in [0, 0.1) is 0 Å². The summed E-state index contributed by atoms with van der Waals surface area (Å²) in [5.41, 5.74) is 1.28. The van der Waals surface area contributed by atoms with E-state index in [1.807, 2.05) is 18.2 Å². The fourth-order valence-corrected chi connectivity index (χ4v) is 3.07. The van der Waals surface area contributed by atoms with Gasteiger partial charge in [0.15, 0.2) is 0 Å². The molecule has 1 aliphatic carbocycles. The van der Waals surface area contributed by atoms with Gasteiger partial charge in [-0.25, -0.2) is 0 Å². The Kier molecular flexibility index (Phi) is 3.67. The standard InChI is InChI=1S/C15H19ClO2/c1-10(2)11-7-12(9-13(16)8-11)15(14(17)18)5-3-4-6-15/h7-10H,3-6H2,1-2H3,(H,17,18). The van der Waals surface area contributed by atoms with Gasteiger partial charge in [-0.2, -0.15) is 0 Å². The van der Waals surface area contributed by atoms with Crippen LogP contribution in [0.5, 0.6) is 0 Å². The molecule has 0 saturated heterocycles. The quantitative estimate of drug-likeness (QED) is 0.883. The predicted molar refractivity (Wildman–Crippen MR) is 73.3 cm³/mol. The molecule has 0 radical (unpaired) electrons. The van der Waals surface area contributed by atoms with E-state index in [9.17, 15) is 9.90 Å². The van der Waals surface area contributed by atoms with E-state index in [2.05, 4.69) is 13.8 Å². The normalized spacial score (nSPS) is 18.2. The zero-order valence-corrected chi connectivity index (χ0v) is 11.6. The minimum atomic E-state index is -0.714. The molecule has 98 valence electrons. The zero-order chi connectivity index (χ0) is 13.3. The Morgan fingerprint density at radius 3 is 2.39 bits per heavy atom. The molecule has 1 N–H and O–H groups in total. The second kappa shape index (κ2) is 4.93. The Hall–Kier alpha value is -1.02. The van der Waals surface area contributed by atoms with Crippen molar-refractivity contribution in [3.8, 4) is 0 Å². The fraction of sp³-hybridized carbons (Fsp3) is 0.533. The van der Waals surface area contributed by atoms with E-state index < -0.39 is 11.4 Å². The molecule has 0 unspecified atom stereocenters. The van der Waals surface area contributed by atoms with Crippen molar-refractivity contribution < 1.29 is 9.90 Å². The van der Waals surface area contributed by atoms with Crippen LogP contribution in [0.4, 0.5) is 0 Å². The van der Waals surface area contributed by atoms with Gasteiger partial charge in [-0.1, -0.05) is 44.4 Å². The number of hydrogen-bond donors (Lipinski definition) is 1. The van der Waals surface area contributed by atoms with Crippen LogP contribution < -0.4 is 0 Å². The van der Waals surface area contributed by atoms with Gasteiger partial charge < -0.3 is 5.11 Å². The molecule has 18 heavy (non-hydrogen) atoms. The molecule has 1 aromatic carbocycles. The molecule has 0 spiro atoms. The summed E-state index contributed by atoms with van der Waals surface area (Å²) >= 11 is 6.15. The molecule has 0 amide bonds. The lowest BCUT2D eigenvalue weighted by molar-refractivity contribution is -0.143. The third-order valence-electron chi connectivity index (χ3n) is 4.01. The van der Waals surface area contributed by atoms with Gasteiger partial charge >= 0.3 is 5.97 Å². The van der Waals surface area contributed by atoms with Gasteiger partial charge in [0.1, 0.15) is 0 Å². The Morgan fingerprint density at radius 1 is 1.28 bits per heavy atom. The third-order valence-corrected chi connectivity index (χ3v) is 4.22. The van der Waals surface area contributed by atoms with E-state index in [1.54, 1.807) is 0 Å². The van der Waals surface area contributed by atoms with Crippen LogP contribution in [0.1, 0.15) is 56.6 Å². The molecule has 0 bridgehead atoms. The maximum absolute atomic E-state index is 11.7. The molecule has 2 rings (SSSR count). The van der Waals surface area contributed by atoms with E-state index in [4.69, 9.17) is 11.6 Å². The van der Waals surface area contributed by atoms with Gasteiger partial charge in [-0.15, -0.1) is 0 Å². The molecule has 1 aromatic rings. The highest BCUT2D eigenvalue weighted by Gasteiger charge is 2.43.